The molecule has 0 aromatic heterocycles. The van der Waals surface area contributed by atoms with Crippen molar-refractivity contribution in [2.45, 2.75) is 67.2 Å². The number of allylic oxidation sites excluding steroid dienone is 4. The van der Waals surface area contributed by atoms with E-state index in [1.165, 1.54) is 16.7 Å². The summed E-state index contributed by atoms with van der Waals surface area (Å²) >= 11 is 0. The van der Waals surface area contributed by atoms with Crippen LogP contribution in [0.1, 0.15) is 65.0 Å². The third-order valence-corrected chi connectivity index (χ3v) is 3.62. The molecule has 0 radical (unpaired) electrons. The van der Waals surface area contributed by atoms with Crippen molar-refractivity contribution in [3.8, 4) is 5.75 Å². The van der Waals surface area contributed by atoms with Gasteiger partial charge in [0.05, 0.1) is 0 Å². The summed E-state index contributed by atoms with van der Waals surface area (Å²) in [6.45, 7) is 12.4. The van der Waals surface area contributed by atoms with E-state index in [0.717, 1.165) is 31.2 Å². The topological polar surface area (TPSA) is 20.2 Å². The van der Waals surface area contributed by atoms with E-state index in [9.17, 15) is 5.11 Å². The predicted molar refractivity (Wildman–Crippen MR) is 94.9 cm³/mol. The number of hydrogen-bond donors (Lipinski definition) is 1. The highest BCUT2D eigenvalue weighted by molar-refractivity contribution is 5.36. The zero-order chi connectivity index (χ0) is 16.3. The van der Waals surface area contributed by atoms with Gasteiger partial charge in [0.15, 0.2) is 0 Å². The van der Waals surface area contributed by atoms with Crippen LogP contribution in [0.15, 0.2) is 41.5 Å². The average Bonchev–Trinajstić information content (AvgIpc) is 2.52. The van der Waals surface area contributed by atoms with Crippen molar-refractivity contribution >= 4 is 0 Å². The van der Waals surface area contributed by atoms with E-state index in [1.54, 1.807) is 0 Å². The van der Waals surface area contributed by atoms with Gasteiger partial charge in [0.2, 0.25) is 0 Å². The van der Waals surface area contributed by atoms with Crippen molar-refractivity contribution in [3.05, 3.63) is 52.6 Å². The summed E-state index contributed by atoms with van der Waals surface area (Å²) < 4.78 is 0. The van der Waals surface area contributed by atoms with Crippen LogP contribution in [0.25, 0.3) is 0 Å². The van der Waals surface area contributed by atoms with E-state index in [1.807, 2.05) is 32.9 Å². The van der Waals surface area contributed by atoms with Gasteiger partial charge in [0.1, 0.15) is 5.75 Å². The molecule has 0 atom stereocenters. The van der Waals surface area contributed by atoms with E-state index in [4.69, 9.17) is 0 Å². The zero-order valence-corrected chi connectivity index (χ0v) is 14.7. The lowest BCUT2D eigenvalue weighted by Crippen LogP contribution is -1.93. The SMILES string of the molecule is C/C=C/C(CC)=C(\CC)CCc1ccc(C)c(O)c1.CC. The fourth-order valence-electron chi connectivity index (χ4n) is 2.36. The quantitative estimate of drug-likeness (QED) is 0.604. The normalized spacial score (nSPS) is 11.9. The molecule has 0 aliphatic rings. The molecule has 0 heterocycles. The molecule has 118 valence electrons. The van der Waals surface area contributed by atoms with Crippen molar-refractivity contribution in [1.29, 1.82) is 0 Å². The zero-order valence-electron chi connectivity index (χ0n) is 14.7. The van der Waals surface area contributed by atoms with Crippen LogP contribution >= 0.6 is 0 Å². The second kappa shape index (κ2) is 11.2. The molecule has 0 unspecified atom stereocenters. The number of aryl methyl sites for hydroxylation is 2. The molecule has 0 saturated carbocycles. The highest BCUT2D eigenvalue weighted by Crippen LogP contribution is 2.23. The highest BCUT2D eigenvalue weighted by atomic mass is 16.3. The molecule has 1 aromatic rings. The highest BCUT2D eigenvalue weighted by Gasteiger charge is 2.04. The summed E-state index contributed by atoms with van der Waals surface area (Å²) in [6.07, 6.45) is 8.61. The van der Waals surface area contributed by atoms with Gasteiger partial charge in [-0.1, -0.05) is 57.6 Å². The molecule has 0 aliphatic heterocycles. The number of phenolic OH excluding ortho intramolecular Hbond substituents is 1. The Morgan fingerprint density at radius 2 is 1.81 bits per heavy atom. The molecule has 0 spiro atoms. The molecule has 1 aromatic carbocycles. The molecule has 21 heavy (non-hydrogen) atoms. The Morgan fingerprint density at radius 3 is 2.29 bits per heavy atom. The van der Waals surface area contributed by atoms with Crippen LogP contribution in [-0.4, -0.2) is 5.11 Å². The summed E-state index contributed by atoms with van der Waals surface area (Å²) in [5.74, 6) is 0.406. The third-order valence-electron chi connectivity index (χ3n) is 3.62. The fraction of sp³-hybridized carbons (Fsp3) is 0.500. The fourth-order valence-corrected chi connectivity index (χ4v) is 2.36. The molecule has 0 fully saturated rings. The number of phenols is 1. The Labute approximate surface area is 131 Å². The molecule has 1 rings (SSSR count). The van der Waals surface area contributed by atoms with Gasteiger partial charge in [-0.15, -0.1) is 0 Å². The van der Waals surface area contributed by atoms with Crippen molar-refractivity contribution in [2.24, 2.45) is 0 Å². The molecule has 0 aliphatic carbocycles. The van der Waals surface area contributed by atoms with Crippen LogP contribution in [0, 0.1) is 6.92 Å². The third kappa shape index (κ3) is 6.66. The van der Waals surface area contributed by atoms with Gasteiger partial charge in [-0.25, -0.2) is 0 Å². The first-order chi connectivity index (χ1) is 10.1. The van der Waals surface area contributed by atoms with Crippen molar-refractivity contribution in [3.63, 3.8) is 0 Å². The van der Waals surface area contributed by atoms with Crippen molar-refractivity contribution < 1.29 is 5.11 Å². The molecule has 1 N–H and O–H groups in total. The minimum absolute atomic E-state index is 0.406. The Morgan fingerprint density at radius 1 is 1.14 bits per heavy atom. The van der Waals surface area contributed by atoms with Gasteiger partial charge in [0, 0.05) is 0 Å². The van der Waals surface area contributed by atoms with E-state index in [2.05, 4.69) is 39.0 Å². The minimum atomic E-state index is 0.406. The van der Waals surface area contributed by atoms with E-state index >= 15 is 0 Å². The average molecular weight is 288 g/mol. The largest absolute Gasteiger partial charge is 0.508 e. The first-order valence-electron chi connectivity index (χ1n) is 8.24. The lowest BCUT2D eigenvalue weighted by atomic mass is 9.96. The predicted octanol–water partition coefficient (Wildman–Crippen LogP) is 6.35. The van der Waals surface area contributed by atoms with Gasteiger partial charge < -0.3 is 5.11 Å². The maximum Gasteiger partial charge on any atom is 0.118 e. The Kier molecular flexibility index (Phi) is 10.4. The Hall–Kier alpha value is -1.50. The van der Waals surface area contributed by atoms with E-state index < -0.39 is 0 Å². The van der Waals surface area contributed by atoms with Gasteiger partial charge in [-0.05, 0) is 62.3 Å². The monoisotopic (exact) mass is 288 g/mol. The number of aromatic hydroxyl groups is 1. The van der Waals surface area contributed by atoms with Crippen LogP contribution < -0.4 is 0 Å². The standard InChI is InChI=1S/C18H26O.C2H6/c1-5-8-16(6-2)17(7-3)12-11-15-10-9-14(4)18(19)13-15;1-2/h5,8-10,13,19H,6-7,11-12H2,1-4H3;1-2H3/b8-5+,17-16+;. The van der Waals surface area contributed by atoms with Crippen molar-refractivity contribution in [2.75, 3.05) is 0 Å². The summed E-state index contributed by atoms with van der Waals surface area (Å²) in [7, 11) is 0. The lowest BCUT2D eigenvalue weighted by Gasteiger charge is -2.11. The Bertz CT molecular complexity index is 467. The second-order valence-electron chi connectivity index (χ2n) is 4.96. The van der Waals surface area contributed by atoms with Gasteiger partial charge in [-0.2, -0.15) is 0 Å². The number of benzene rings is 1. The maximum atomic E-state index is 9.74. The van der Waals surface area contributed by atoms with Crippen LogP contribution in [0.3, 0.4) is 0 Å². The maximum absolute atomic E-state index is 9.74. The Balaban J connectivity index is 0.00000191. The van der Waals surface area contributed by atoms with Gasteiger partial charge >= 0.3 is 0 Å². The molecule has 1 heteroatoms. The number of rotatable bonds is 6. The summed E-state index contributed by atoms with van der Waals surface area (Å²) in [6, 6.07) is 6.00. The molecular weight excluding hydrogens is 256 g/mol. The van der Waals surface area contributed by atoms with Crippen LogP contribution in [-0.2, 0) is 6.42 Å². The van der Waals surface area contributed by atoms with Gasteiger partial charge in [-0.3, -0.25) is 0 Å². The van der Waals surface area contributed by atoms with Crippen LogP contribution in [0.5, 0.6) is 5.75 Å². The van der Waals surface area contributed by atoms with Gasteiger partial charge in [0.25, 0.3) is 0 Å². The molecule has 0 amide bonds. The first-order valence-corrected chi connectivity index (χ1v) is 8.24. The number of hydrogen-bond acceptors (Lipinski definition) is 1. The molecule has 0 saturated heterocycles. The van der Waals surface area contributed by atoms with Crippen molar-refractivity contribution in [1.82, 2.24) is 0 Å². The van der Waals surface area contributed by atoms with Crippen LogP contribution in [0.2, 0.25) is 0 Å². The molecular formula is C20H32O. The second-order valence-corrected chi connectivity index (χ2v) is 4.96. The molecule has 0 bridgehead atoms. The summed E-state index contributed by atoms with van der Waals surface area (Å²) in [5, 5.41) is 9.74. The van der Waals surface area contributed by atoms with Crippen LogP contribution in [0.4, 0.5) is 0 Å². The minimum Gasteiger partial charge on any atom is -0.508 e. The van der Waals surface area contributed by atoms with E-state index in [0.29, 0.717) is 5.75 Å². The van der Waals surface area contributed by atoms with E-state index in [-0.39, 0.29) is 0 Å². The first kappa shape index (κ1) is 19.5. The smallest absolute Gasteiger partial charge is 0.118 e. The molecule has 1 nitrogen and oxygen atoms in total. The summed E-state index contributed by atoms with van der Waals surface area (Å²) in [4.78, 5) is 0. The summed E-state index contributed by atoms with van der Waals surface area (Å²) in [5.41, 5.74) is 5.14. The lowest BCUT2D eigenvalue weighted by molar-refractivity contribution is 0.470.